The van der Waals surface area contributed by atoms with Crippen LogP contribution in [0.2, 0.25) is 5.02 Å². The summed E-state index contributed by atoms with van der Waals surface area (Å²) in [6.45, 7) is 3.86. The number of hydrogen-bond donors (Lipinski definition) is 2. The fourth-order valence-electron chi connectivity index (χ4n) is 2.35. The van der Waals surface area contributed by atoms with E-state index in [-0.39, 0.29) is 11.6 Å². The van der Waals surface area contributed by atoms with Gasteiger partial charge in [0.25, 0.3) is 5.91 Å². The molecule has 2 N–H and O–H groups in total. The summed E-state index contributed by atoms with van der Waals surface area (Å²) in [6.07, 6.45) is 1.36. The van der Waals surface area contributed by atoms with E-state index < -0.39 is 0 Å². The number of carbonyl (C=O) groups excluding carboxylic acids is 1. The van der Waals surface area contributed by atoms with E-state index in [0.29, 0.717) is 16.5 Å². The third kappa shape index (κ3) is 4.14. The molecule has 0 fully saturated rings. The fourth-order valence-corrected chi connectivity index (χ4v) is 2.52. The molecule has 5 nitrogen and oxygen atoms in total. The molecule has 3 rings (SSSR count). The molecule has 25 heavy (non-hydrogen) atoms. The first kappa shape index (κ1) is 16.9. The van der Waals surface area contributed by atoms with Gasteiger partial charge in [0.05, 0.1) is 0 Å². The van der Waals surface area contributed by atoms with Crippen LogP contribution in [0.5, 0.6) is 0 Å². The van der Waals surface area contributed by atoms with Crippen molar-refractivity contribution in [2.75, 3.05) is 10.6 Å². The molecular formula is C19H17ClN4O. The topological polar surface area (TPSA) is 66.9 Å². The monoisotopic (exact) mass is 352 g/mol. The van der Waals surface area contributed by atoms with Crippen LogP contribution in [0.4, 0.5) is 17.2 Å². The van der Waals surface area contributed by atoms with Gasteiger partial charge in [-0.2, -0.15) is 0 Å². The van der Waals surface area contributed by atoms with Gasteiger partial charge in [-0.3, -0.25) is 4.79 Å². The number of amides is 1. The number of aromatic nitrogens is 2. The van der Waals surface area contributed by atoms with Crippen LogP contribution >= 0.6 is 11.6 Å². The summed E-state index contributed by atoms with van der Waals surface area (Å²) in [5.74, 6) is 0.230. The average molecular weight is 353 g/mol. The van der Waals surface area contributed by atoms with Crippen molar-refractivity contribution in [1.29, 1.82) is 0 Å². The van der Waals surface area contributed by atoms with Crippen molar-refractivity contribution >= 4 is 34.7 Å². The lowest BCUT2D eigenvalue weighted by Crippen LogP contribution is -2.15. The summed E-state index contributed by atoms with van der Waals surface area (Å²) < 4.78 is 0. The number of anilines is 3. The van der Waals surface area contributed by atoms with Crippen LogP contribution in [0.25, 0.3) is 0 Å². The summed E-state index contributed by atoms with van der Waals surface area (Å²) in [5, 5.41) is 6.60. The van der Waals surface area contributed by atoms with Crippen molar-refractivity contribution in [2.24, 2.45) is 0 Å². The molecule has 0 aliphatic heterocycles. The van der Waals surface area contributed by atoms with Gasteiger partial charge in [0.2, 0.25) is 0 Å². The lowest BCUT2D eigenvalue weighted by Gasteiger charge is -2.10. The highest BCUT2D eigenvalue weighted by Crippen LogP contribution is 2.23. The maximum atomic E-state index is 12.5. The number of nitrogens with one attached hydrogen (secondary N) is 2. The molecule has 0 saturated carbocycles. The number of carbonyl (C=O) groups is 1. The quantitative estimate of drug-likeness (QED) is 0.711. The second-order valence-corrected chi connectivity index (χ2v) is 6.06. The van der Waals surface area contributed by atoms with Gasteiger partial charge in [0.15, 0.2) is 0 Å². The summed E-state index contributed by atoms with van der Waals surface area (Å²) >= 11 is 6.08. The largest absolute Gasteiger partial charge is 0.340 e. The van der Waals surface area contributed by atoms with Crippen molar-refractivity contribution in [3.8, 4) is 0 Å². The van der Waals surface area contributed by atoms with Gasteiger partial charge < -0.3 is 10.6 Å². The predicted octanol–water partition coefficient (Wildman–Crippen LogP) is 4.74. The summed E-state index contributed by atoms with van der Waals surface area (Å²) in [4.78, 5) is 20.7. The van der Waals surface area contributed by atoms with E-state index in [1.807, 2.05) is 38.1 Å². The molecule has 0 bridgehead atoms. The number of halogens is 1. The van der Waals surface area contributed by atoms with Gasteiger partial charge in [-0.15, -0.1) is 0 Å². The lowest BCUT2D eigenvalue weighted by molar-refractivity contribution is 0.102. The molecule has 1 aromatic heterocycles. The number of aryl methyl sites for hydroxylation is 1. The van der Waals surface area contributed by atoms with Crippen LogP contribution in [-0.4, -0.2) is 15.9 Å². The minimum Gasteiger partial charge on any atom is -0.340 e. The van der Waals surface area contributed by atoms with Crippen LogP contribution in [0.15, 0.2) is 54.9 Å². The van der Waals surface area contributed by atoms with E-state index in [0.717, 1.165) is 16.8 Å². The van der Waals surface area contributed by atoms with Crippen LogP contribution in [0.1, 0.15) is 21.6 Å². The highest BCUT2D eigenvalue weighted by atomic mass is 35.5. The van der Waals surface area contributed by atoms with Crippen molar-refractivity contribution in [2.45, 2.75) is 13.8 Å². The zero-order valence-electron chi connectivity index (χ0n) is 13.9. The third-order valence-corrected chi connectivity index (χ3v) is 4.12. The molecule has 0 aliphatic carbocycles. The average Bonchev–Trinajstić information content (AvgIpc) is 2.59. The number of hydrogen-bond acceptors (Lipinski definition) is 4. The van der Waals surface area contributed by atoms with Crippen LogP contribution < -0.4 is 10.6 Å². The Balaban J connectivity index is 1.78. The molecular weight excluding hydrogens is 336 g/mol. The van der Waals surface area contributed by atoms with Crippen LogP contribution in [0, 0.1) is 13.8 Å². The van der Waals surface area contributed by atoms with Crippen LogP contribution in [-0.2, 0) is 0 Å². The minimum atomic E-state index is -0.319. The van der Waals surface area contributed by atoms with E-state index >= 15 is 0 Å². The Morgan fingerprint density at radius 1 is 1.04 bits per heavy atom. The fraction of sp³-hybridized carbons (Fsp3) is 0.105. The molecule has 0 unspecified atom stereocenters. The lowest BCUT2D eigenvalue weighted by atomic mass is 10.2. The van der Waals surface area contributed by atoms with E-state index in [1.165, 1.54) is 6.33 Å². The zero-order valence-corrected chi connectivity index (χ0v) is 14.6. The summed E-state index contributed by atoms with van der Waals surface area (Å²) in [5.41, 5.74) is 3.77. The Labute approximate surface area is 151 Å². The molecule has 126 valence electrons. The minimum absolute atomic E-state index is 0.268. The maximum Gasteiger partial charge on any atom is 0.274 e. The summed E-state index contributed by atoms with van der Waals surface area (Å²) in [6, 6.07) is 14.9. The van der Waals surface area contributed by atoms with Gasteiger partial charge in [-0.25, -0.2) is 9.97 Å². The number of benzene rings is 2. The van der Waals surface area contributed by atoms with Crippen LogP contribution in [0.3, 0.4) is 0 Å². The first-order valence-corrected chi connectivity index (χ1v) is 8.13. The second kappa shape index (κ2) is 7.32. The van der Waals surface area contributed by atoms with Gasteiger partial charge in [-0.05, 0) is 49.2 Å². The molecule has 0 atom stereocenters. The van der Waals surface area contributed by atoms with E-state index in [4.69, 9.17) is 11.6 Å². The zero-order chi connectivity index (χ0) is 17.8. The molecule has 0 spiro atoms. The maximum absolute atomic E-state index is 12.5. The molecule has 1 amide bonds. The third-order valence-electron chi connectivity index (χ3n) is 3.71. The number of rotatable bonds is 4. The van der Waals surface area contributed by atoms with Crippen molar-refractivity contribution in [3.63, 3.8) is 0 Å². The van der Waals surface area contributed by atoms with Gasteiger partial charge >= 0.3 is 0 Å². The second-order valence-electron chi connectivity index (χ2n) is 5.65. The highest BCUT2D eigenvalue weighted by molar-refractivity contribution is 6.31. The predicted molar refractivity (Wildman–Crippen MR) is 101 cm³/mol. The van der Waals surface area contributed by atoms with Crippen molar-refractivity contribution in [3.05, 3.63) is 76.7 Å². The van der Waals surface area contributed by atoms with Gasteiger partial charge in [0, 0.05) is 22.5 Å². The molecule has 3 aromatic rings. The van der Waals surface area contributed by atoms with Crippen molar-refractivity contribution in [1.82, 2.24) is 9.97 Å². The molecule has 0 saturated heterocycles. The Kier molecular flexibility index (Phi) is 4.95. The van der Waals surface area contributed by atoms with E-state index in [9.17, 15) is 4.79 Å². The highest BCUT2D eigenvalue weighted by Gasteiger charge is 2.11. The standard InChI is InChI=1S/C19H17ClN4O/c1-12-5-3-6-14(9-12)23-18-10-17(21-11-22-18)19(25)24-16-8-4-7-15(20)13(16)2/h3-11H,1-2H3,(H,24,25)(H,21,22,23). The van der Waals surface area contributed by atoms with Gasteiger partial charge in [0.1, 0.15) is 17.8 Å². The SMILES string of the molecule is Cc1cccc(Nc2cc(C(=O)Nc3cccc(Cl)c3C)ncn2)c1. The molecule has 0 aliphatic rings. The molecule has 2 aromatic carbocycles. The first-order chi connectivity index (χ1) is 12.0. The first-order valence-electron chi connectivity index (χ1n) is 7.75. The van der Waals surface area contributed by atoms with Crippen molar-refractivity contribution < 1.29 is 4.79 Å². The smallest absolute Gasteiger partial charge is 0.274 e. The molecule has 6 heteroatoms. The Hall–Kier alpha value is -2.92. The Morgan fingerprint density at radius 2 is 1.84 bits per heavy atom. The number of nitrogens with zero attached hydrogens (tertiary/aromatic N) is 2. The molecule has 0 radical (unpaired) electrons. The normalized spacial score (nSPS) is 10.4. The molecule has 1 heterocycles. The summed E-state index contributed by atoms with van der Waals surface area (Å²) in [7, 11) is 0. The van der Waals surface area contributed by atoms with E-state index in [2.05, 4.69) is 20.6 Å². The Bertz CT molecular complexity index is 927. The van der Waals surface area contributed by atoms with Gasteiger partial charge in [-0.1, -0.05) is 29.8 Å². The Morgan fingerprint density at radius 3 is 2.64 bits per heavy atom. The van der Waals surface area contributed by atoms with E-state index in [1.54, 1.807) is 24.3 Å².